The first-order chi connectivity index (χ1) is 12.0. The standard InChI is InChI=1S/C16H21BrN4O3S/c1-3-8-21-15(23)18-19-16(21)25-11-14(22)20(2)9-10-24-13-6-4-12(17)5-7-13/h4-7H,3,8-11H2,1-2H3,(H,18,23). The van der Waals surface area contributed by atoms with Crippen LogP contribution in [0.1, 0.15) is 13.3 Å². The zero-order chi connectivity index (χ0) is 18.2. The average molecular weight is 429 g/mol. The third-order valence-corrected chi connectivity index (χ3v) is 4.92. The van der Waals surface area contributed by atoms with Gasteiger partial charge in [0, 0.05) is 18.1 Å². The minimum atomic E-state index is -0.243. The van der Waals surface area contributed by atoms with E-state index < -0.39 is 0 Å². The van der Waals surface area contributed by atoms with Gasteiger partial charge in [0.1, 0.15) is 12.4 Å². The van der Waals surface area contributed by atoms with Gasteiger partial charge in [0.2, 0.25) is 5.91 Å². The van der Waals surface area contributed by atoms with Gasteiger partial charge in [-0.3, -0.25) is 9.36 Å². The molecule has 0 spiro atoms. The van der Waals surface area contributed by atoms with E-state index in [1.165, 1.54) is 11.8 Å². The number of carbonyl (C=O) groups excluding carboxylic acids is 1. The van der Waals surface area contributed by atoms with Gasteiger partial charge in [0.05, 0.1) is 12.3 Å². The van der Waals surface area contributed by atoms with Crippen LogP contribution in [0.4, 0.5) is 0 Å². The number of hydrogen-bond donors (Lipinski definition) is 1. The number of nitrogens with zero attached hydrogens (tertiary/aromatic N) is 3. The van der Waals surface area contributed by atoms with Gasteiger partial charge in [0.25, 0.3) is 0 Å². The number of thioether (sulfide) groups is 1. The molecule has 1 N–H and O–H groups in total. The Morgan fingerprint density at radius 3 is 2.80 bits per heavy atom. The summed E-state index contributed by atoms with van der Waals surface area (Å²) < 4.78 is 8.15. The second-order valence-corrected chi connectivity index (χ2v) is 7.23. The first-order valence-electron chi connectivity index (χ1n) is 7.91. The molecule has 1 aromatic heterocycles. The average Bonchev–Trinajstić information content (AvgIpc) is 2.95. The van der Waals surface area contributed by atoms with Crippen LogP contribution in [0, 0.1) is 0 Å². The number of halogens is 1. The van der Waals surface area contributed by atoms with Crippen LogP contribution >= 0.6 is 27.7 Å². The molecule has 0 aliphatic carbocycles. The van der Waals surface area contributed by atoms with Crippen LogP contribution in [0.15, 0.2) is 38.7 Å². The Balaban J connectivity index is 1.76. The number of nitrogens with one attached hydrogen (secondary N) is 1. The molecule has 0 aliphatic heterocycles. The molecule has 0 radical (unpaired) electrons. The molecule has 1 heterocycles. The van der Waals surface area contributed by atoms with E-state index >= 15 is 0 Å². The lowest BCUT2D eigenvalue weighted by Gasteiger charge is -2.17. The van der Waals surface area contributed by atoms with E-state index in [0.29, 0.717) is 24.9 Å². The lowest BCUT2D eigenvalue weighted by molar-refractivity contribution is -0.127. The minimum absolute atomic E-state index is 0.0390. The van der Waals surface area contributed by atoms with Crippen molar-refractivity contribution in [3.8, 4) is 5.75 Å². The minimum Gasteiger partial charge on any atom is -0.492 e. The van der Waals surface area contributed by atoms with Crippen LogP contribution < -0.4 is 10.4 Å². The smallest absolute Gasteiger partial charge is 0.343 e. The zero-order valence-corrected chi connectivity index (χ0v) is 16.6. The number of ether oxygens (including phenoxy) is 1. The van der Waals surface area contributed by atoms with Gasteiger partial charge in [-0.2, -0.15) is 0 Å². The van der Waals surface area contributed by atoms with Gasteiger partial charge in [-0.15, -0.1) is 5.10 Å². The van der Waals surface area contributed by atoms with Gasteiger partial charge in [-0.25, -0.2) is 9.89 Å². The van der Waals surface area contributed by atoms with Crippen molar-refractivity contribution in [1.82, 2.24) is 19.7 Å². The second kappa shape index (κ2) is 9.67. The van der Waals surface area contributed by atoms with Crippen LogP contribution in [0.5, 0.6) is 5.75 Å². The maximum Gasteiger partial charge on any atom is 0.343 e. The van der Waals surface area contributed by atoms with Crippen LogP contribution in [-0.4, -0.2) is 51.5 Å². The summed E-state index contributed by atoms with van der Waals surface area (Å²) in [6.07, 6.45) is 0.828. The maximum absolute atomic E-state index is 12.2. The molecule has 0 atom stereocenters. The Labute approximate surface area is 158 Å². The number of amides is 1. The van der Waals surface area contributed by atoms with Crippen molar-refractivity contribution in [1.29, 1.82) is 0 Å². The van der Waals surface area contributed by atoms with E-state index in [-0.39, 0.29) is 17.3 Å². The molecule has 0 saturated carbocycles. The molecule has 1 amide bonds. The van der Waals surface area contributed by atoms with Crippen LogP contribution in [0.2, 0.25) is 0 Å². The van der Waals surface area contributed by atoms with E-state index in [4.69, 9.17) is 4.74 Å². The molecule has 25 heavy (non-hydrogen) atoms. The van der Waals surface area contributed by atoms with Crippen molar-refractivity contribution in [3.63, 3.8) is 0 Å². The summed E-state index contributed by atoms with van der Waals surface area (Å²) >= 11 is 4.63. The quantitative estimate of drug-likeness (QED) is 0.620. The number of aromatic nitrogens is 3. The first-order valence-corrected chi connectivity index (χ1v) is 9.69. The second-order valence-electron chi connectivity index (χ2n) is 5.37. The van der Waals surface area contributed by atoms with Crippen LogP contribution in [0.3, 0.4) is 0 Å². The molecular formula is C16H21BrN4O3S. The summed E-state index contributed by atoms with van der Waals surface area (Å²) in [6, 6.07) is 7.54. The van der Waals surface area contributed by atoms with Crippen molar-refractivity contribution < 1.29 is 9.53 Å². The lowest BCUT2D eigenvalue weighted by atomic mass is 10.3. The number of rotatable bonds is 9. The molecule has 9 heteroatoms. The topological polar surface area (TPSA) is 80.2 Å². The fourth-order valence-electron chi connectivity index (χ4n) is 2.03. The van der Waals surface area contributed by atoms with Crippen molar-refractivity contribution in [3.05, 3.63) is 39.2 Å². The number of hydrogen-bond acceptors (Lipinski definition) is 5. The van der Waals surface area contributed by atoms with Crippen molar-refractivity contribution in [2.75, 3.05) is 26.0 Å². The van der Waals surface area contributed by atoms with Gasteiger partial charge in [0.15, 0.2) is 5.16 Å². The third kappa shape index (κ3) is 5.93. The highest BCUT2D eigenvalue weighted by Gasteiger charge is 2.13. The molecule has 7 nitrogen and oxygen atoms in total. The molecule has 2 aromatic rings. The Morgan fingerprint density at radius 1 is 1.40 bits per heavy atom. The van der Waals surface area contributed by atoms with E-state index in [1.807, 2.05) is 31.2 Å². The number of carbonyl (C=O) groups is 1. The van der Waals surface area contributed by atoms with Gasteiger partial charge >= 0.3 is 5.69 Å². The molecule has 0 bridgehead atoms. The summed E-state index contributed by atoms with van der Waals surface area (Å²) in [6.45, 7) is 3.47. The Hall–Kier alpha value is -1.74. The largest absolute Gasteiger partial charge is 0.492 e. The summed E-state index contributed by atoms with van der Waals surface area (Å²) in [5.41, 5.74) is -0.243. The van der Waals surface area contributed by atoms with Crippen molar-refractivity contribution in [2.45, 2.75) is 25.0 Å². The molecule has 0 unspecified atom stereocenters. The summed E-state index contributed by atoms with van der Waals surface area (Å²) in [5, 5.41) is 6.92. The van der Waals surface area contributed by atoms with E-state index in [1.54, 1.807) is 16.5 Å². The summed E-state index contributed by atoms with van der Waals surface area (Å²) in [5.74, 6) is 0.949. The predicted molar refractivity (Wildman–Crippen MR) is 101 cm³/mol. The number of aromatic amines is 1. The Kier molecular flexibility index (Phi) is 7.57. The first kappa shape index (κ1) is 19.6. The highest BCUT2D eigenvalue weighted by molar-refractivity contribution is 9.10. The molecule has 136 valence electrons. The van der Waals surface area contributed by atoms with Crippen molar-refractivity contribution >= 4 is 33.6 Å². The monoisotopic (exact) mass is 428 g/mol. The third-order valence-electron chi connectivity index (χ3n) is 3.43. The summed E-state index contributed by atoms with van der Waals surface area (Å²) in [4.78, 5) is 25.4. The molecule has 2 rings (SSSR count). The van der Waals surface area contributed by atoms with Crippen LogP contribution in [-0.2, 0) is 11.3 Å². The molecule has 0 fully saturated rings. The molecular weight excluding hydrogens is 408 g/mol. The Bertz CT molecular complexity index is 745. The van der Waals surface area contributed by atoms with Gasteiger partial charge in [-0.1, -0.05) is 34.6 Å². The predicted octanol–water partition coefficient (Wildman–Crippen LogP) is 2.37. The Morgan fingerprint density at radius 2 is 2.12 bits per heavy atom. The number of H-pyrrole nitrogens is 1. The lowest BCUT2D eigenvalue weighted by Crippen LogP contribution is -2.32. The fourth-order valence-corrected chi connectivity index (χ4v) is 3.20. The molecule has 1 aromatic carbocycles. The van der Waals surface area contributed by atoms with E-state index in [0.717, 1.165) is 16.6 Å². The van der Waals surface area contributed by atoms with Gasteiger partial charge in [-0.05, 0) is 30.7 Å². The molecule has 0 aliphatic rings. The van der Waals surface area contributed by atoms with Crippen LogP contribution in [0.25, 0.3) is 0 Å². The van der Waals surface area contributed by atoms with Gasteiger partial charge < -0.3 is 9.64 Å². The molecule has 0 saturated heterocycles. The normalized spacial score (nSPS) is 10.7. The van der Waals surface area contributed by atoms with E-state index in [9.17, 15) is 9.59 Å². The number of benzene rings is 1. The SMILES string of the molecule is CCCn1c(SCC(=O)N(C)CCOc2ccc(Br)cc2)n[nH]c1=O. The summed E-state index contributed by atoms with van der Waals surface area (Å²) in [7, 11) is 1.73. The number of likely N-dealkylation sites (N-methyl/N-ethyl adjacent to an activating group) is 1. The zero-order valence-electron chi connectivity index (χ0n) is 14.2. The van der Waals surface area contributed by atoms with E-state index in [2.05, 4.69) is 26.1 Å². The highest BCUT2D eigenvalue weighted by Crippen LogP contribution is 2.16. The maximum atomic E-state index is 12.2. The van der Waals surface area contributed by atoms with Crippen molar-refractivity contribution in [2.24, 2.45) is 0 Å². The highest BCUT2D eigenvalue weighted by atomic mass is 79.9. The fraction of sp³-hybridized carbons (Fsp3) is 0.438.